The molecule has 0 aliphatic heterocycles. The van der Waals surface area contributed by atoms with Gasteiger partial charge in [-0.05, 0) is 29.7 Å². The minimum absolute atomic E-state index is 0.0983. The number of nitrogens with zero attached hydrogens (tertiary/aromatic N) is 1. The summed E-state index contributed by atoms with van der Waals surface area (Å²) in [6.07, 6.45) is 0. The molecule has 2 aromatic carbocycles. The Hall–Kier alpha value is -2.82. The average Bonchev–Trinajstić information content (AvgIpc) is 3.03. The highest BCUT2D eigenvalue weighted by Crippen LogP contribution is 2.25. The zero-order valence-electron chi connectivity index (χ0n) is 14.0. The minimum Gasteiger partial charge on any atom is -0.497 e. The summed E-state index contributed by atoms with van der Waals surface area (Å²) in [4.78, 5) is 12.7. The lowest BCUT2D eigenvalue weighted by atomic mass is 9.95. The number of aromatic nitrogens is 2. The molecule has 124 valence electrons. The van der Waals surface area contributed by atoms with Crippen molar-refractivity contribution in [2.45, 2.75) is 19.9 Å². The summed E-state index contributed by atoms with van der Waals surface area (Å²) >= 11 is 0. The Labute approximate surface area is 141 Å². The van der Waals surface area contributed by atoms with Crippen LogP contribution in [0.4, 0.5) is 0 Å². The summed E-state index contributed by atoms with van der Waals surface area (Å²) in [5, 5.41) is 11.0. The molecule has 0 saturated carbocycles. The fourth-order valence-electron chi connectivity index (χ4n) is 2.79. The zero-order valence-corrected chi connectivity index (χ0v) is 14.0. The van der Waals surface area contributed by atoms with E-state index in [0.717, 1.165) is 22.2 Å². The third-order valence-corrected chi connectivity index (χ3v) is 4.11. The van der Waals surface area contributed by atoms with Crippen molar-refractivity contribution in [1.82, 2.24) is 15.5 Å². The van der Waals surface area contributed by atoms with Gasteiger partial charge in [-0.2, -0.15) is 5.10 Å². The lowest BCUT2D eigenvalue weighted by molar-refractivity contribution is 0.0922. The normalized spacial score (nSPS) is 12.3. The molecule has 1 unspecified atom stereocenters. The summed E-state index contributed by atoms with van der Waals surface area (Å²) in [7, 11) is 1.64. The fourth-order valence-corrected chi connectivity index (χ4v) is 2.79. The van der Waals surface area contributed by atoms with Crippen LogP contribution in [0.2, 0.25) is 0 Å². The van der Waals surface area contributed by atoms with E-state index in [1.54, 1.807) is 7.11 Å². The van der Waals surface area contributed by atoms with Crippen molar-refractivity contribution in [3.8, 4) is 5.75 Å². The van der Waals surface area contributed by atoms with Gasteiger partial charge in [0.05, 0.1) is 18.7 Å². The van der Waals surface area contributed by atoms with Gasteiger partial charge in [0.1, 0.15) is 5.75 Å². The predicted octanol–water partition coefficient (Wildman–Crippen LogP) is 3.70. The van der Waals surface area contributed by atoms with Crippen molar-refractivity contribution in [3.05, 3.63) is 59.8 Å². The summed E-state index contributed by atoms with van der Waals surface area (Å²) in [6, 6.07) is 15.3. The fraction of sp³-hybridized carbons (Fsp3) is 0.263. The monoisotopic (exact) mass is 323 g/mol. The minimum atomic E-state index is -0.179. The van der Waals surface area contributed by atoms with Gasteiger partial charge in [0.2, 0.25) is 0 Å². The molecule has 24 heavy (non-hydrogen) atoms. The number of aromatic amines is 1. The van der Waals surface area contributed by atoms with E-state index >= 15 is 0 Å². The van der Waals surface area contributed by atoms with Crippen molar-refractivity contribution in [1.29, 1.82) is 0 Å². The number of hydrogen-bond acceptors (Lipinski definition) is 3. The van der Waals surface area contributed by atoms with E-state index in [4.69, 9.17) is 4.74 Å². The zero-order chi connectivity index (χ0) is 17.1. The molecule has 0 fully saturated rings. The van der Waals surface area contributed by atoms with Gasteiger partial charge < -0.3 is 10.1 Å². The molecule has 0 radical (unpaired) electrons. The summed E-state index contributed by atoms with van der Waals surface area (Å²) in [5.41, 5.74) is 2.32. The lowest BCUT2D eigenvalue weighted by Gasteiger charge is -2.22. The first-order chi connectivity index (χ1) is 11.6. The van der Waals surface area contributed by atoms with Crippen LogP contribution in [0.1, 0.15) is 35.9 Å². The number of carbonyl (C=O) groups is 1. The maximum absolute atomic E-state index is 12.7. The number of hydrogen-bond donors (Lipinski definition) is 2. The van der Waals surface area contributed by atoms with Gasteiger partial charge in [-0.25, -0.2) is 0 Å². The van der Waals surface area contributed by atoms with Gasteiger partial charge in [-0.3, -0.25) is 9.89 Å². The van der Waals surface area contributed by atoms with Crippen LogP contribution in [0, 0.1) is 5.92 Å². The SMILES string of the molecule is COc1ccc(C(NC(=O)c2n[nH]c3ccccc23)C(C)C)cc1. The predicted molar refractivity (Wildman–Crippen MR) is 94.1 cm³/mol. The summed E-state index contributed by atoms with van der Waals surface area (Å²) in [5.74, 6) is 0.861. The molecule has 1 atom stereocenters. The highest BCUT2D eigenvalue weighted by atomic mass is 16.5. The van der Waals surface area contributed by atoms with Crippen LogP contribution in [0.25, 0.3) is 10.9 Å². The molecule has 3 rings (SSSR count). The second-order valence-electron chi connectivity index (χ2n) is 6.09. The molecule has 3 aromatic rings. The van der Waals surface area contributed by atoms with Crippen LogP contribution in [-0.2, 0) is 0 Å². The molecule has 1 aromatic heterocycles. The lowest BCUT2D eigenvalue weighted by Crippen LogP contribution is -2.32. The number of fused-ring (bicyclic) bond motifs is 1. The van der Waals surface area contributed by atoms with Crippen molar-refractivity contribution in [2.75, 3.05) is 7.11 Å². The number of para-hydroxylation sites is 1. The molecule has 5 heteroatoms. The van der Waals surface area contributed by atoms with Crippen LogP contribution in [0.3, 0.4) is 0 Å². The van der Waals surface area contributed by atoms with E-state index in [-0.39, 0.29) is 17.9 Å². The first-order valence-corrected chi connectivity index (χ1v) is 7.98. The molecular formula is C19H21N3O2. The number of H-pyrrole nitrogens is 1. The van der Waals surface area contributed by atoms with Gasteiger partial charge in [0.25, 0.3) is 5.91 Å². The second-order valence-corrected chi connectivity index (χ2v) is 6.09. The van der Waals surface area contributed by atoms with Crippen molar-refractivity contribution >= 4 is 16.8 Å². The van der Waals surface area contributed by atoms with E-state index in [0.29, 0.717) is 5.69 Å². The van der Waals surface area contributed by atoms with Crippen molar-refractivity contribution in [3.63, 3.8) is 0 Å². The molecule has 0 saturated heterocycles. The van der Waals surface area contributed by atoms with Gasteiger partial charge in [-0.1, -0.05) is 44.2 Å². The van der Waals surface area contributed by atoms with Gasteiger partial charge in [-0.15, -0.1) is 0 Å². The standard InChI is InChI=1S/C19H21N3O2/c1-12(2)17(13-8-10-14(24-3)11-9-13)20-19(23)18-15-6-4-5-7-16(15)21-22-18/h4-12,17H,1-3H3,(H,20,23)(H,21,22). The van der Waals surface area contributed by atoms with Crippen LogP contribution in [0.5, 0.6) is 5.75 Å². The van der Waals surface area contributed by atoms with Crippen LogP contribution < -0.4 is 10.1 Å². The quantitative estimate of drug-likeness (QED) is 0.752. The van der Waals surface area contributed by atoms with E-state index in [1.165, 1.54) is 0 Å². The van der Waals surface area contributed by atoms with Crippen LogP contribution in [-0.4, -0.2) is 23.2 Å². The Morgan fingerprint density at radius 3 is 2.50 bits per heavy atom. The largest absolute Gasteiger partial charge is 0.497 e. The van der Waals surface area contributed by atoms with Crippen LogP contribution in [0.15, 0.2) is 48.5 Å². The number of nitrogens with one attached hydrogen (secondary N) is 2. The Balaban J connectivity index is 1.86. The average molecular weight is 323 g/mol. The highest BCUT2D eigenvalue weighted by molar-refractivity contribution is 6.04. The van der Waals surface area contributed by atoms with E-state index < -0.39 is 0 Å². The maximum Gasteiger partial charge on any atom is 0.272 e. The molecule has 1 amide bonds. The Morgan fingerprint density at radius 1 is 1.12 bits per heavy atom. The number of rotatable bonds is 5. The molecule has 0 aliphatic carbocycles. The summed E-state index contributed by atoms with van der Waals surface area (Å²) < 4.78 is 5.20. The van der Waals surface area contributed by atoms with E-state index in [2.05, 4.69) is 29.4 Å². The number of ether oxygens (including phenoxy) is 1. The Bertz CT molecular complexity index is 837. The highest BCUT2D eigenvalue weighted by Gasteiger charge is 2.22. The number of methoxy groups -OCH3 is 1. The molecule has 0 spiro atoms. The van der Waals surface area contributed by atoms with Crippen molar-refractivity contribution < 1.29 is 9.53 Å². The third-order valence-electron chi connectivity index (χ3n) is 4.11. The topological polar surface area (TPSA) is 67.0 Å². The molecular weight excluding hydrogens is 302 g/mol. The number of benzene rings is 2. The number of carbonyl (C=O) groups excluding carboxylic acids is 1. The summed E-state index contributed by atoms with van der Waals surface area (Å²) in [6.45, 7) is 4.16. The first-order valence-electron chi connectivity index (χ1n) is 7.98. The molecule has 1 heterocycles. The Morgan fingerprint density at radius 2 is 1.83 bits per heavy atom. The molecule has 0 aliphatic rings. The smallest absolute Gasteiger partial charge is 0.272 e. The van der Waals surface area contributed by atoms with Gasteiger partial charge in [0, 0.05) is 5.39 Å². The maximum atomic E-state index is 12.7. The van der Waals surface area contributed by atoms with Crippen molar-refractivity contribution in [2.24, 2.45) is 5.92 Å². The van der Waals surface area contributed by atoms with Crippen LogP contribution >= 0.6 is 0 Å². The Kier molecular flexibility index (Phi) is 4.51. The third kappa shape index (κ3) is 3.11. The number of amides is 1. The first kappa shape index (κ1) is 16.1. The second kappa shape index (κ2) is 6.74. The van der Waals surface area contributed by atoms with E-state index in [9.17, 15) is 4.79 Å². The van der Waals surface area contributed by atoms with Gasteiger partial charge in [0.15, 0.2) is 5.69 Å². The molecule has 0 bridgehead atoms. The molecule has 2 N–H and O–H groups in total. The molecule has 5 nitrogen and oxygen atoms in total. The van der Waals surface area contributed by atoms with E-state index in [1.807, 2.05) is 48.5 Å². The van der Waals surface area contributed by atoms with Gasteiger partial charge >= 0.3 is 0 Å².